The summed E-state index contributed by atoms with van der Waals surface area (Å²) in [6.45, 7) is 3.43. The van der Waals surface area contributed by atoms with Gasteiger partial charge in [0.1, 0.15) is 24.0 Å². The highest BCUT2D eigenvalue weighted by molar-refractivity contribution is 5.49. The average Bonchev–Trinajstić information content (AvgIpc) is 2.29. The van der Waals surface area contributed by atoms with E-state index >= 15 is 0 Å². The Balaban J connectivity index is 2.76. The van der Waals surface area contributed by atoms with Crippen molar-refractivity contribution in [1.82, 2.24) is 9.97 Å². The lowest BCUT2D eigenvalue weighted by Crippen LogP contribution is -2.19. The highest BCUT2D eigenvalue weighted by atomic mass is 16.5. The predicted molar refractivity (Wildman–Crippen MR) is 66.0 cm³/mol. The Morgan fingerprint density at radius 3 is 2.94 bits per heavy atom. The Morgan fingerprint density at radius 2 is 2.29 bits per heavy atom. The number of hydrogen-bond donors (Lipinski definition) is 1. The summed E-state index contributed by atoms with van der Waals surface area (Å²) in [5.41, 5.74) is 0. The lowest BCUT2D eigenvalue weighted by molar-refractivity contribution is 0.210. The van der Waals surface area contributed by atoms with Gasteiger partial charge in [-0.2, -0.15) is 5.26 Å². The number of hydrogen-bond acceptors (Lipinski definition) is 6. The molecule has 0 aliphatic rings. The minimum absolute atomic E-state index is 0.300. The van der Waals surface area contributed by atoms with Crippen LogP contribution in [0.25, 0.3) is 0 Å². The molecule has 6 nitrogen and oxygen atoms in total. The number of methoxy groups -OCH3 is 1. The van der Waals surface area contributed by atoms with E-state index in [0.717, 1.165) is 11.6 Å². The number of ether oxygens (including phenoxy) is 1. The molecule has 0 saturated carbocycles. The second-order valence-electron chi connectivity index (χ2n) is 3.59. The van der Waals surface area contributed by atoms with Crippen LogP contribution in [0.2, 0.25) is 0 Å². The van der Waals surface area contributed by atoms with Crippen molar-refractivity contribution in [3.8, 4) is 6.07 Å². The third-order valence-electron chi connectivity index (χ3n) is 2.14. The fourth-order valence-corrected chi connectivity index (χ4v) is 1.31. The van der Waals surface area contributed by atoms with E-state index in [1.165, 1.54) is 0 Å². The van der Waals surface area contributed by atoms with E-state index in [-0.39, 0.29) is 0 Å². The topological polar surface area (TPSA) is 74.1 Å². The molecule has 1 heterocycles. The first-order chi connectivity index (χ1) is 8.17. The van der Waals surface area contributed by atoms with Crippen LogP contribution < -0.4 is 10.2 Å². The van der Waals surface area contributed by atoms with E-state index in [1.807, 2.05) is 20.0 Å². The lowest BCUT2D eigenvalue weighted by Gasteiger charge is -2.15. The number of nitrogens with zero attached hydrogens (tertiary/aromatic N) is 4. The van der Waals surface area contributed by atoms with Crippen molar-refractivity contribution < 1.29 is 4.74 Å². The molecule has 0 unspecified atom stereocenters. The molecule has 1 aromatic rings. The fraction of sp³-hybridized carbons (Fsp3) is 0.545. The van der Waals surface area contributed by atoms with Gasteiger partial charge in [-0.1, -0.05) is 0 Å². The fourth-order valence-electron chi connectivity index (χ4n) is 1.31. The van der Waals surface area contributed by atoms with Crippen LogP contribution in [-0.4, -0.2) is 43.8 Å². The van der Waals surface area contributed by atoms with Crippen molar-refractivity contribution >= 4 is 11.6 Å². The van der Waals surface area contributed by atoms with Gasteiger partial charge in [0.25, 0.3) is 0 Å². The average molecular weight is 235 g/mol. The molecule has 0 amide bonds. The van der Waals surface area contributed by atoms with E-state index < -0.39 is 0 Å². The zero-order valence-electron chi connectivity index (χ0n) is 10.4. The summed E-state index contributed by atoms with van der Waals surface area (Å²) in [5, 5.41) is 11.8. The van der Waals surface area contributed by atoms with Gasteiger partial charge in [-0.15, -0.1) is 0 Å². The molecule has 0 spiro atoms. The normalized spacial score (nSPS) is 9.76. The minimum Gasteiger partial charge on any atom is -0.383 e. The number of anilines is 2. The first-order valence-electron chi connectivity index (χ1n) is 5.34. The Kier molecular flexibility index (Phi) is 5.17. The summed E-state index contributed by atoms with van der Waals surface area (Å²) in [5.74, 6) is 2.15. The zero-order chi connectivity index (χ0) is 12.7. The molecule has 0 aliphatic carbocycles. The highest BCUT2D eigenvalue weighted by Crippen LogP contribution is 2.13. The smallest absolute Gasteiger partial charge is 0.134 e. The summed E-state index contributed by atoms with van der Waals surface area (Å²) in [6.07, 6.45) is 0. The molecule has 17 heavy (non-hydrogen) atoms. The Bertz CT molecular complexity index is 401. The van der Waals surface area contributed by atoms with Crippen LogP contribution >= 0.6 is 0 Å². The quantitative estimate of drug-likeness (QED) is 0.581. The summed E-state index contributed by atoms with van der Waals surface area (Å²) in [7, 11) is 3.48. The van der Waals surface area contributed by atoms with Crippen molar-refractivity contribution in [1.29, 1.82) is 5.26 Å². The van der Waals surface area contributed by atoms with Gasteiger partial charge in [0.2, 0.25) is 0 Å². The number of nitriles is 1. The molecule has 0 saturated heterocycles. The molecule has 0 radical (unpaired) electrons. The van der Waals surface area contributed by atoms with E-state index in [0.29, 0.717) is 25.5 Å². The zero-order valence-corrected chi connectivity index (χ0v) is 10.4. The molecule has 0 fully saturated rings. The van der Waals surface area contributed by atoms with Crippen molar-refractivity contribution in [2.24, 2.45) is 0 Å². The van der Waals surface area contributed by atoms with Crippen molar-refractivity contribution in [3.63, 3.8) is 0 Å². The molecule has 0 aromatic carbocycles. The Hall–Kier alpha value is -1.87. The molecule has 0 aliphatic heterocycles. The van der Waals surface area contributed by atoms with E-state index in [2.05, 4.69) is 21.4 Å². The second kappa shape index (κ2) is 6.66. The van der Waals surface area contributed by atoms with E-state index in [9.17, 15) is 0 Å². The van der Waals surface area contributed by atoms with Crippen molar-refractivity contribution in [2.45, 2.75) is 6.92 Å². The maximum Gasteiger partial charge on any atom is 0.134 e. The first kappa shape index (κ1) is 13.2. The third kappa shape index (κ3) is 4.25. The van der Waals surface area contributed by atoms with Gasteiger partial charge in [-0.3, -0.25) is 0 Å². The third-order valence-corrected chi connectivity index (χ3v) is 2.14. The molecule has 0 atom stereocenters. The van der Waals surface area contributed by atoms with Crippen LogP contribution in [0.4, 0.5) is 11.6 Å². The maximum absolute atomic E-state index is 8.64. The SMILES string of the molecule is COCCNc1cc(N(C)CC#N)nc(C)n1. The van der Waals surface area contributed by atoms with Gasteiger partial charge in [0.15, 0.2) is 0 Å². The van der Waals surface area contributed by atoms with Gasteiger partial charge in [-0.05, 0) is 6.92 Å². The summed E-state index contributed by atoms with van der Waals surface area (Å²) in [6, 6.07) is 3.90. The van der Waals surface area contributed by atoms with E-state index in [1.54, 1.807) is 12.0 Å². The van der Waals surface area contributed by atoms with Gasteiger partial charge in [-0.25, -0.2) is 9.97 Å². The van der Waals surface area contributed by atoms with Crippen LogP contribution in [0, 0.1) is 18.3 Å². The Labute approximate surface area is 101 Å². The summed E-state index contributed by atoms with van der Waals surface area (Å²) in [4.78, 5) is 10.3. The van der Waals surface area contributed by atoms with Crippen molar-refractivity contribution in [3.05, 3.63) is 11.9 Å². The molecule has 1 rings (SSSR count). The monoisotopic (exact) mass is 235 g/mol. The van der Waals surface area contributed by atoms with E-state index in [4.69, 9.17) is 10.00 Å². The highest BCUT2D eigenvalue weighted by Gasteiger charge is 2.05. The summed E-state index contributed by atoms with van der Waals surface area (Å²) < 4.78 is 4.95. The number of aromatic nitrogens is 2. The second-order valence-corrected chi connectivity index (χ2v) is 3.59. The number of nitrogens with one attached hydrogen (secondary N) is 1. The molecular weight excluding hydrogens is 218 g/mol. The van der Waals surface area contributed by atoms with Crippen LogP contribution in [0.15, 0.2) is 6.07 Å². The van der Waals surface area contributed by atoms with Gasteiger partial charge < -0.3 is 15.0 Å². The standard InChI is InChI=1S/C11H17N5O/c1-9-14-10(13-5-7-17-3)8-11(15-9)16(2)6-4-12/h8H,5-7H2,1-3H3,(H,13,14,15). The molecule has 92 valence electrons. The lowest BCUT2D eigenvalue weighted by atomic mass is 10.4. The Morgan fingerprint density at radius 1 is 1.53 bits per heavy atom. The minimum atomic E-state index is 0.300. The molecule has 6 heteroatoms. The molecular formula is C11H17N5O. The largest absolute Gasteiger partial charge is 0.383 e. The maximum atomic E-state index is 8.64. The molecule has 1 aromatic heterocycles. The van der Waals surface area contributed by atoms with Crippen LogP contribution in [0.5, 0.6) is 0 Å². The van der Waals surface area contributed by atoms with Gasteiger partial charge in [0.05, 0.1) is 12.7 Å². The number of aryl methyl sites for hydroxylation is 1. The predicted octanol–water partition coefficient (Wildman–Crippen LogP) is 0.803. The van der Waals surface area contributed by atoms with Crippen molar-refractivity contribution in [2.75, 3.05) is 44.1 Å². The number of rotatable bonds is 6. The van der Waals surface area contributed by atoms with Crippen LogP contribution in [-0.2, 0) is 4.74 Å². The molecule has 1 N–H and O–H groups in total. The van der Waals surface area contributed by atoms with Gasteiger partial charge >= 0.3 is 0 Å². The molecule has 0 bridgehead atoms. The van der Waals surface area contributed by atoms with Gasteiger partial charge in [0, 0.05) is 26.8 Å². The first-order valence-corrected chi connectivity index (χ1v) is 5.34. The van der Waals surface area contributed by atoms with Crippen LogP contribution in [0.1, 0.15) is 5.82 Å². The summed E-state index contributed by atoms with van der Waals surface area (Å²) >= 11 is 0. The van der Waals surface area contributed by atoms with Crippen LogP contribution in [0.3, 0.4) is 0 Å².